The number of carbonyl (C=O) groups excluding carboxylic acids is 2. The number of aromatic nitrogens is 2. The molecule has 10 heteroatoms. The summed E-state index contributed by atoms with van der Waals surface area (Å²) in [6.45, 7) is 1.91. The van der Waals surface area contributed by atoms with Crippen LogP contribution in [-0.2, 0) is 0 Å². The molecule has 2 amide bonds. The van der Waals surface area contributed by atoms with Crippen LogP contribution in [0.1, 0.15) is 26.3 Å². The molecule has 0 radical (unpaired) electrons. The van der Waals surface area contributed by atoms with Crippen LogP contribution >= 0.6 is 11.3 Å². The Morgan fingerprint density at radius 3 is 2.24 bits per heavy atom. The van der Waals surface area contributed by atoms with Gasteiger partial charge in [-0.3, -0.25) is 25.0 Å². The van der Waals surface area contributed by atoms with Crippen molar-refractivity contribution in [2.75, 3.05) is 10.6 Å². The minimum absolute atomic E-state index is 0.0182. The molecule has 0 spiro atoms. The van der Waals surface area contributed by atoms with E-state index in [4.69, 9.17) is 0 Å². The largest absolute Gasteiger partial charge is 0.322 e. The van der Waals surface area contributed by atoms with Gasteiger partial charge in [0.25, 0.3) is 17.5 Å². The van der Waals surface area contributed by atoms with Gasteiger partial charge in [0, 0.05) is 34.5 Å². The lowest BCUT2D eigenvalue weighted by atomic mass is 10.1. The first-order chi connectivity index (χ1) is 15.9. The highest BCUT2D eigenvalue weighted by Crippen LogP contribution is 2.28. The lowest BCUT2D eigenvalue weighted by Crippen LogP contribution is -2.13. The average molecular weight is 459 g/mol. The predicted octanol–water partition coefficient (Wildman–Crippen LogP) is 4.93. The van der Waals surface area contributed by atoms with Gasteiger partial charge in [0.2, 0.25) is 5.13 Å². The maximum Gasteiger partial charge on any atom is 0.269 e. The van der Waals surface area contributed by atoms with Crippen LogP contribution < -0.4 is 10.6 Å². The Hall–Kier alpha value is -4.44. The summed E-state index contributed by atoms with van der Waals surface area (Å²) in [6.07, 6.45) is 0. The van der Waals surface area contributed by atoms with Crippen molar-refractivity contribution in [3.8, 4) is 10.6 Å². The van der Waals surface area contributed by atoms with Gasteiger partial charge >= 0.3 is 0 Å². The first-order valence-electron chi connectivity index (χ1n) is 9.77. The Balaban J connectivity index is 1.39. The maximum absolute atomic E-state index is 12.5. The fourth-order valence-corrected chi connectivity index (χ4v) is 3.72. The number of amides is 2. The van der Waals surface area contributed by atoms with Gasteiger partial charge in [-0.2, -0.15) is 0 Å². The van der Waals surface area contributed by atoms with Crippen molar-refractivity contribution in [2.45, 2.75) is 6.92 Å². The topological polar surface area (TPSA) is 127 Å². The maximum atomic E-state index is 12.5. The van der Waals surface area contributed by atoms with E-state index in [0.29, 0.717) is 32.5 Å². The number of nitro groups is 1. The van der Waals surface area contributed by atoms with Crippen molar-refractivity contribution < 1.29 is 14.5 Å². The molecule has 0 bridgehead atoms. The number of carbonyl (C=O) groups is 2. The van der Waals surface area contributed by atoms with Crippen LogP contribution in [0.25, 0.3) is 10.6 Å². The van der Waals surface area contributed by atoms with Gasteiger partial charge in [-0.25, -0.2) is 0 Å². The molecule has 1 heterocycles. The number of nitrogens with zero attached hydrogens (tertiary/aromatic N) is 3. The van der Waals surface area contributed by atoms with E-state index in [1.165, 1.54) is 12.1 Å². The number of anilines is 2. The van der Waals surface area contributed by atoms with Crippen molar-refractivity contribution in [3.05, 3.63) is 99.6 Å². The van der Waals surface area contributed by atoms with E-state index in [0.717, 1.165) is 16.9 Å². The number of aryl methyl sites for hydroxylation is 1. The minimum Gasteiger partial charge on any atom is -0.322 e. The molecule has 0 aliphatic carbocycles. The third kappa shape index (κ3) is 5.25. The molecule has 0 aliphatic rings. The van der Waals surface area contributed by atoms with E-state index in [1.54, 1.807) is 48.5 Å². The Morgan fingerprint density at radius 1 is 0.879 bits per heavy atom. The smallest absolute Gasteiger partial charge is 0.269 e. The summed E-state index contributed by atoms with van der Waals surface area (Å²) in [5, 5.41) is 25.1. The van der Waals surface area contributed by atoms with Gasteiger partial charge in [-0.05, 0) is 55.5 Å². The number of nitro benzene ring substituents is 1. The Labute approximate surface area is 192 Å². The van der Waals surface area contributed by atoms with Crippen molar-refractivity contribution in [2.24, 2.45) is 0 Å². The molecule has 0 aliphatic heterocycles. The highest BCUT2D eigenvalue weighted by Gasteiger charge is 2.13. The standard InChI is InChI=1S/C23H17N5O4S/c1-14-3-2-4-17(13-14)21(30)24-18-9-5-15(6-10-18)20(29)25-23-27-26-22(33-23)16-7-11-19(12-8-16)28(31)32/h2-13H,1H3,(H,24,30)(H,25,27,29). The van der Waals surface area contributed by atoms with Crippen molar-refractivity contribution in [3.63, 3.8) is 0 Å². The molecule has 4 rings (SSSR count). The quantitative estimate of drug-likeness (QED) is 0.311. The summed E-state index contributed by atoms with van der Waals surface area (Å²) in [6, 6.07) is 19.7. The van der Waals surface area contributed by atoms with Crippen molar-refractivity contribution in [1.29, 1.82) is 0 Å². The number of nitrogens with one attached hydrogen (secondary N) is 2. The molecule has 0 unspecified atom stereocenters. The predicted molar refractivity (Wildman–Crippen MR) is 126 cm³/mol. The first-order valence-corrected chi connectivity index (χ1v) is 10.6. The van der Waals surface area contributed by atoms with Crippen molar-refractivity contribution >= 4 is 39.7 Å². The Bertz CT molecular complexity index is 1330. The van der Waals surface area contributed by atoms with Gasteiger partial charge in [-0.15, -0.1) is 10.2 Å². The van der Waals surface area contributed by atoms with Crippen LogP contribution in [0.15, 0.2) is 72.8 Å². The molecule has 0 saturated carbocycles. The molecule has 0 fully saturated rings. The van der Waals surface area contributed by atoms with Crippen LogP contribution in [0.3, 0.4) is 0 Å². The molecule has 1 aromatic heterocycles. The fourth-order valence-electron chi connectivity index (χ4n) is 2.98. The minimum atomic E-state index is -0.477. The summed E-state index contributed by atoms with van der Waals surface area (Å²) >= 11 is 1.15. The summed E-state index contributed by atoms with van der Waals surface area (Å²) in [4.78, 5) is 35.2. The third-order valence-electron chi connectivity index (χ3n) is 4.66. The zero-order valence-electron chi connectivity index (χ0n) is 17.3. The van der Waals surface area contributed by atoms with E-state index in [2.05, 4.69) is 20.8 Å². The van der Waals surface area contributed by atoms with E-state index in [1.807, 2.05) is 19.1 Å². The third-order valence-corrected chi connectivity index (χ3v) is 5.54. The van der Waals surface area contributed by atoms with E-state index < -0.39 is 4.92 Å². The molecule has 164 valence electrons. The zero-order chi connectivity index (χ0) is 23.4. The summed E-state index contributed by atoms with van der Waals surface area (Å²) in [5.41, 5.74) is 3.13. The fraction of sp³-hybridized carbons (Fsp3) is 0.0435. The normalized spacial score (nSPS) is 10.5. The van der Waals surface area contributed by atoms with Crippen LogP contribution in [-0.4, -0.2) is 26.9 Å². The molecule has 3 aromatic carbocycles. The van der Waals surface area contributed by atoms with Crippen molar-refractivity contribution in [1.82, 2.24) is 10.2 Å². The van der Waals surface area contributed by atoms with E-state index in [-0.39, 0.29) is 17.5 Å². The number of hydrogen-bond donors (Lipinski definition) is 2. The van der Waals surface area contributed by atoms with Crippen LogP contribution in [0, 0.1) is 17.0 Å². The number of hydrogen-bond acceptors (Lipinski definition) is 7. The number of benzene rings is 3. The van der Waals surface area contributed by atoms with E-state index in [9.17, 15) is 19.7 Å². The van der Waals surface area contributed by atoms with Gasteiger partial charge in [0.1, 0.15) is 5.01 Å². The van der Waals surface area contributed by atoms with Crippen LogP contribution in [0.2, 0.25) is 0 Å². The van der Waals surface area contributed by atoms with Crippen LogP contribution in [0.4, 0.5) is 16.5 Å². The molecule has 9 nitrogen and oxygen atoms in total. The first kappa shape index (κ1) is 21.8. The van der Waals surface area contributed by atoms with Gasteiger partial charge in [-0.1, -0.05) is 29.0 Å². The lowest BCUT2D eigenvalue weighted by Gasteiger charge is -2.07. The van der Waals surface area contributed by atoms with Gasteiger partial charge in [0.05, 0.1) is 4.92 Å². The number of non-ortho nitro benzene ring substituents is 1. The second-order valence-corrected chi connectivity index (χ2v) is 8.05. The average Bonchev–Trinajstić information content (AvgIpc) is 3.28. The summed E-state index contributed by atoms with van der Waals surface area (Å²) < 4.78 is 0. The molecule has 2 N–H and O–H groups in total. The number of rotatable bonds is 6. The highest BCUT2D eigenvalue weighted by molar-refractivity contribution is 7.18. The monoisotopic (exact) mass is 459 g/mol. The SMILES string of the molecule is Cc1cccc(C(=O)Nc2ccc(C(=O)Nc3nnc(-c4ccc([N+](=O)[O-])cc4)s3)cc2)c1. The molecular weight excluding hydrogens is 442 g/mol. The van der Waals surface area contributed by atoms with Gasteiger partial charge < -0.3 is 5.32 Å². The second-order valence-electron chi connectivity index (χ2n) is 7.07. The highest BCUT2D eigenvalue weighted by atomic mass is 32.1. The Morgan fingerprint density at radius 2 is 1.58 bits per heavy atom. The molecule has 0 atom stereocenters. The Kier molecular flexibility index (Phi) is 6.18. The molecular formula is C23H17N5O4S. The summed E-state index contributed by atoms with van der Waals surface area (Å²) in [5.74, 6) is -0.610. The lowest BCUT2D eigenvalue weighted by molar-refractivity contribution is -0.384. The molecule has 0 saturated heterocycles. The molecule has 4 aromatic rings. The zero-order valence-corrected chi connectivity index (χ0v) is 18.1. The second kappa shape index (κ2) is 9.37. The van der Waals surface area contributed by atoms with E-state index >= 15 is 0 Å². The molecule has 33 heavy (non-hydrogen) atoms. The van der Waals surface area contributed by atoms with Crippen LogP contribution in [0.5, 0.6) is 0 Å². The van der Waals surface area contributed by atoms with Gasteiger partial charge in [0.15, 0.2) is 0 Å². The summed E-state index contributed by atoms with van der Waals surface area (Å²) in [7, 11) is 0.